The molecule has 0 aromatic rings. The first kappa shape index (κ1) is 14.3. The van der Waals surface area contributed by atoms with Gasteiger partial charge in [0.15, 0.2) is 0 Å². The van der Waals surface area contributed by atoms with Crippen molar-refractivity contribution in [3.8, 4) is 0 Å². The molecule has 0 aliphatic carbocycles. The summed E-state index contributed by atoms with van der Waals surface area (Å²) >= 11 is 0. The Labute approximate surface area is 70.3 Å². The first-order valence-corrected chi connectivity index (χ1v) is 3.43. The molecule has 0 saturated heterocycles. The van der Waals surface area contributed by atoms with E-state index in [1.165, 1.54) is 0 Å². The number of aliphatic hydroxyl groups excluding tert-OH is 6. The quantitative estimate of drug-likeness (QED) is 0.272. The van der Waals surface area contributed by atoms with E-state index in [1.807, 2.05) is 0 Å². The van der Waals surface area contributed by atoms with Crippen LogP contribution in [0.4, 0.5) is 0 Å². The number of rotatable bonds is 4. The fourth-order valence-electron chi connectivity index (χ4n) is 0.243. The summed E-state index contributed by atoms with van der Waals surface area (Å²) in [5, 5.41) is 48.4. The van der Waals surface area contributed by atoms with Crippen LogP contribution < -0.4 is 0 Å². The second-order valence-electron chi connectivity index (χ2n) is 1.95. The van der Waals surface area contributed by atoms with Crippen LogP contribution in [0.2, 0.25) is 0 Å². The van der Waals surface area contributed by atoms with Crippen molar-refractivity contribution in [1.29, 1.82) is 0 Å². The predicted molar refractivity (Wildman–Crippen MR) is 40.4 cm³/mol. The summed E-state index contributed by atoms with van der Waals surface area (Å²) in [5.74, 6) is 0. The van der Waals surface area contributed by atoms with Crippen LogP contribution in [0.25, 0.3) is 0 Å². The van der Waals surface area contributed by atoms with Crippen molar-refractivity contribution in [2.24, 2.45) is 0 Å². The van der Waals surface area contributed by atoms with Gasteiger partial charge >= 0.3 is 0 Å². The third-order valence-corrected chi connectivity index (χ3v) is 0.918. The smallest absolute Gasteiger partial charge is 0.105 e. The maximum absolute atomic E-state index is 8.47. The standard InChI is InChI=1S/C4H10O4.C2H6O2/c5-1-3(7)4(8)2-6;3-1-2-4/h3-8H,1-2H2;3-4H,1-2H2/t3-,4+;. The topological polar surface area (TPSA) is 121 Å². The van der Waals surface area contributed by atoms with Gasteiger partial charge in [0.05, 0.1) is 26.4 Å². The summed E-state index contributed by atoms with van der Waals surface area (Å²) in [7, 11) is 0. The van der Waals surface area contributed by atoms with E-state index in [0.717, 1.165) is 0 Å². The lowest BCUT2D eigenvalue weighted by molar-refractivity contribution is -0.0388. The van der Waals surface area contributed by atoms with Gasteiger partial charge in [0.25, 0.3) is 0 Å². The zero-order chi connectivity index (χ0) is 9.98. The third-order valence-electron chi connectivity index (χ3n) is 0.918. The van der Waals surface area contributed by atoms with Crippen LogP contribution in [0.5, 0.6) is 0 Å². The fourth-order valence-corrected chi connectivity index (χ4v) is 0.243. The molecule has 0 unspecified atom stereocenters. The van der Waals surface area contributed by atoms with Crippen LogP contribution in [0.3, 0.4) is 0 Å². The molecule has 0 spiro atoms. The van der Waals surface area contributed by atoms with Crippen molar-refractivity contribution in [2.75, 3.05) is 26.4 Å². The molecule has 0 amide bonds. The van der Waals surface area contributed by atoms with Crippen molar-refractivity contribution >= 4 is 0 Å². The lowest BCUT2D eigenvalue weighted by atomic mass is 10.2. The van der Waals surface area contributed by atoms with Gasteiger partial charge in [-0.2, -0.15) is 0 Å². The normalized spacial score (nSPS) is 14.5. The van der Waals surface area contributed by atoms with E-state index in [2.05, 4.69) is 0 Å². The van der Waals surface area contributed by atoms with Crippen LogP contribution in [-0.4, -0.2) is 69.3 Å². The van der Waals surface area contributed by atoms with Crippen molar-refractivity contribution in [1.82, 2.24) is 0 Å². The van der Waals surface area contributed by atoms with Gasteiger partial charge in [0, 0.05) is 0 Å². The molecule has 0 aliphatic rings. The van der Waals surface area contributed by atoms with Crippen LogP contribution in [0, 0.1) is 0 Å². The van der Waals surface area contributed by atoms with E-state index in [-0.39, 0.29) is 13.2 Å². The molecule has 0 heterocycles. The van der Waals surface area contributed by atoms with Crippen molar-refractivity contribution in [3.05, 3.63) is 0 Å². The Morgan fingerprint density at radius 3 is 1.00 bits per heavy atom. The molecule has 0 radical (unpaired) electrons. The summed E-state index contributed by atoms with van der Waals surface area (Å²) < 4.78 is 0. The van der Waals surface area contributed by atoms with Gasteiger partial charge in [-0.05, 0) is 0 Å². The Morgan fingerprint density at radius 1 is 0.667 bits per heavy atom. The molecule has 6 heteroatoms. The van der Waals surface area contributed by atoms with Gasteiger partial charge in [-0.15, -0.1) is 0 Å². The summed E-state index contributed by atoms with van der Waals surface area (Å²) in [6.07, 6.45) is -2.44. The monoisotopic (exact) mass is 184 g/mol. The Hall–Kier alpha value is -0.240. The van der Waals surface area contributed by atoms with Crippen molar-refractivity contribution in [2.45, 2.75) is 12.2 Å². The molecule has 0 bridgehead atoms. The molecule has 6 N–H and O–H groups in total. The fraction of sp³-hybridized carbons (Fsp3) is 1.00. The minimum atomic E-state index is -1.22. The molecule has 0 aromatic carbocycles. The molecule has 0 saturated carbocycles. The van der Waals surface area contributed by atoms with E-state index in [1.54, 1.807) is 0 Å². The minimum Gasteiger partial charge on any atom is -0.394 e. The average Bonchev–Trinajstić information content (AvgIpc) is 2.15. The summed E-state index contributed by atoms with van der Waals surface area (Å²) in [6, 6.07) is 0. The van der Waals surface area contributed by atoms with Crippen LogP contribution in [0.1, 0.15) is 0 Å². The van der Waals surface area contributed by atoms with Crippen LogP contribution in [0.15, 0.2) is 0 Å². The summed E-state index contributed by atoms with van der Waals surface area (Å²) in [6.45, 7) is -1.30. The van der Waals surface area contributed by atoms with E-state index >= 15 is 0 Å². The molecule has 6 nitrogen and oxygen atoms in total. The molecular weight excluding hydrogens is 168 g/mol. The minimum absolute atomic E-state index is 0.125. The SMILES string of the molecule is OCCO.OC[C@@H](O)[C@@H](O)CO. The van der Waals surface area contributed by atoms with E-state index in [4.69, 9.17) is 30.6 Å². The predicted octanol–water partition coefficient (Wildman–Crippen LogP) is -3.34. The Kier molecular flexibility index (Phi) is 12.8. The number of aliphatic hydroxyl groups is 6. The molecule has 0 aliphatic heterocycles. The second-order valence-corrected chi connectivity index (χ2v) is 1.95. The number of hydrogen-bond donors (Lipinski definition) is 6. The molecule has 2 atom stereocenters. The number of hydrogen-bond acceptors (Lipinski definition) is 6. The third kappa shape index (κ3) is 9.76. The summed E-state index contributed by atoms with van der Waals surface area (Å²) in [5.41, 5.74) is 0. The molecule has 76 valence electrons. The van der Waals surface area contributed by atoms with Crippen LogP contribution in [-0.2, 0) is 0 Å². The highest BCUT2D eigenvalue weighted by Gasteiger charge is 2.12. The van der Waals surface area contributed by atoms with Gasteiger partial charge in [0.1, 0.15) is 12.2 Å². The maximum atomic E-state index is 8.47. The Morgan fingerprint density at radius 2 is 0.917 bits per heavy atom. The molecule has 0 rings (SSSR count). The highest BCUT2D eigenvalue weighted by molar-refractivity contribution is 4.62. The molecule has 12 heavy (non-hydrogen) atoms. The largest absolute Gasteiger partial charge is 0.394 e. The molecule has 0 aromatic heterocycles. The van der Waals surface area contributed by atoms with Gasteiger partial charge in [-0.3, -0.25) is 0 Å². The highest BCUT2D eigenvalue weighted by Crippen LogP contribution is 1.88. The van der Waals surface area contributed by atoms with E-state index in [0.29, 0.717) is 0 Å². The molecular formula is C6H16O6. The van der Waals surface area contributed by atoms with Gasteiger partial charge in [0.2, 0.25) is 0 Å². The second kappa shape index (κ2) is 10.8. The zero-order valence-electron chi connectivity index (χ0n) is 6.67. The van der Waals surface area contributed by atoms with Crippen molar-refractivity contribution < 1.29 is 30.6 Å². The first-order chi connectivity index (χ1) is 5.63. The first-order valence-electron chi connectivity index (χ1n) is 3.43. The van der Waals surface area contributed by atoms with Crippen LogP contribution >= 0.6 is 0 Å². The van der Waals surface area contributed by atoms with Gasteiger partial charge in [-0.25, -0.2) is 0 Å². The lowest BCUT2D eigenvalue weighted by Crippen LogP contribution is -2.31. The molecule has 0 fully saturated rings. The van der Waals surface area contributed by atoms with Gasteiger partial charge in [-0.1, -0.05) is 0 Å². The highest BCUT2D eigenvalue weighted by atomic mass is 16.4. The van der Waals surface area contributed by atoms with E-state index in [9.17, 15) is 0 Å². The Bertz CT molecular complexity index is 68.4. The van der Waals surface area contributed by atoms with E-state index < -0.39 is 25.4 Å². The van der Waals surface area contributed by atoms with Gasteiger partial charge < -0.3 is 30.6 Å². The summed E-state index contributed by atoms with van der Waals surface area (Å²) in [4.78, 5) is 0. The van der Waals surface area contributed by atoms with Crippen molar-refractivity contribution in [3.63, 3.8) is 0 Å². The maximum Gasteiger partial charge on any atom is 0.105 e. The Balaban J connectivity index is 0. The average molecular weight is 184 g/mol. The lowest BCUT2D eigenvalue weighted by Gasteiger charge is -2.10. The zero-order valence-corrected chi connectivity index (χ0v) is 6.67.